The van der Waals surface area contributed by atoms with E-state index in [2.05, 4.69) is 6.92 Å². The maximum absolute atomic E-state index is 5.39. The second-order valence-electron chi connectivity index (χ2n) is 3.23. The van der Waals surface area contributed by atoms with Crippen molar-refractivity contribution in [1.82, 2.24) is 0 Å². The topological polar surface area (TPSA) is 9.23 Å². The van der Waals surface area contributed by atoms with Crippen molar-refractivity contribution in [3.8, 4) is 0 Å². The minimum absolute atomic E-state index is 0.568. The van der Waals surface area contributed by atoms with Crippen molar-refractivity contribution in [1.29, 1.82) is 0 Å². The molecule has 1 fully saturated rings. The average Bonchev–Trinajstić information content (AvgIpc) is 2.04. The molecule has 0 aromatic rings. The SMILES string of the molecule is CC[C@@H]1CCCC[C@H]1OC. The third-order valence-corrected chi connectivity index (χ3v) is 2.67. The summed E-state index contributed by atoms with van der Waals surface area (Å²) in [6, 6.07) is 0. The van der Waals surface area contributed by atoms with Gasteiger partial charge in [0, 0.05) is 7.11 Å². The molecule has 1 aliphatic rings. The fourth-order valence-electron chi connectivity index (χ4n) is 1.95. The number of methoxy groups -OCH3 is 1. The van der Waals surface area contributed by atoms with Gasteiger partial charge < -0.3 is 4.74 Å². The summed E-state index contributed by atoms with van der Waals surface area (Å²) in [5.41, 5.74) is 0. The van der Waals surface area contributed by atoms with Crippen LogP contribution >= 0.6 is 0 Å². The van der Waals surface area contributed by atoms with Crippen molar-refractivity contribution in [2.75, 3.05) is 7.11 Å². The second-order valence-corrected chi connectivity index (χ2v) is 3.23. The van der Waals surface area contributed by atoms with Crippen molar-refractivity contribution >= 4 is 0 Å². The molecule has 0 spiro atoms. The Hall–Kier alpha value is -0.0400. The second kappa shape index (κ2) is 3.97. The zero-order valence-corrected chi connectivity index (χ0v) is 7.10. The summed E-state index contributed by atoms with van der Waals surface area (Å²) in [6.07, 6.45) is 7.31. The Morgan fingerprint density at radius 1 is 1.30 bits per heavy atom. The normalized spacial score (nSPS) is 34.2. The Morgan fingerprint density at radius 3 is 2.50 bits per heavy atom. The van der Waals surface area contributed by atoms with Crippen LogP contribution in [-0.4, -0.2) is 13.2 Å². The molecule has 0 bridgehead atoms. The van der Waals surface area contributed by atoms with Crippen molar-refractivity contribution in [3.63, 3.8) is 0 Å². The third kappa shape index (κ3) is 1.72. The summed E-state index contributed by atoms with van der Waals surface area (Å²) < 4.78 is 5.39. The van der Waals surface area contributed by atoms with Crippen molar-refractivity contribution in [3.05, 3.63) is 0 Å². The minimum Gasteiger partial charge on any atom is -0.381 e. The third-order valence-electron chi connectivity index (χ3n) is 2.67. The van der Waals surface area contributed by atoms with Gasteiger partial charge in [-0.15, -0.1) is 0 Å². The van der Waals surface area contributed by atoms with E-state index in [0.29, 0.717) is 6.10 Å². The molecule has 0 aromatic heterocycles. The fraction of sp³-hybridized carbons (Fsp3) is 1.00. The highest BCUT2D eigenvalue weighted by molar-refractivity contribution is 4.74. The predicted octanol–water partition coefficient (Wildman–Crippen LogP) is 2.60. The van der Waals surface area contributed by atoms with Crippen LogP contribution in [0.5, 0.6) is 0 Å². The summed E-state index contributed by atoms with van der Waals surface area (Å²) in [5.74, 6) is 0.846. The Labute approximate surface area is 63.8 Å². The van der Waals surface area contributed by atoms with E-state index in [4.69, 9.17) is 4.74 Å². The Kier molecular flexibility index (Phi) is 3.20. The molecule has 0 heterocycles. The van der Waals surface area contributed by atoms with Gasteiger partial charge in [-0.1, -0.05) is 26.2 Å². The molecule has 1 heteroatoms. The first-order chi connectivity index (χ1) is 4.88. The maximum Gasteiger partial charge on any atom is 0.0599 e. The van der Waals surface area contributed by atoms with Gasteiger partial charge in [0.15, 0.2) is 0 Å². The van der Waals surface area contributed by atoms with Crippen LogP contribution in [0.15, 0.2) is 0 Å². The summed E-state index contributed by atoms with van der Waals surface area (Å²) in [4.78, 5) is 0. The highest BCUT2D eigenvalue weighted by atomic mass is 16.5. The summed E-state index contributed by atoms with van der Waals surface area (Å²) in [5, 5.41) is 0. The molecule has 0 unspecified atom stereocenters. The van der Waals surface area contributed by atoms with Gasteiger partial charge >= 0.3 is 0 Å². The molecule has 2 atom stereocenters. The van der Waals surface area contributed by atoms with Crippen molar-refractivity contribution in [2.45, 2.75) is 45.1 Å². The first-order valence-electron chi connectivity index (χ1n) is 4.41. The first kappa shape index (κ1) is 8.06. The molecule has 0 saturated heterocycles. The van der Waals surface area contributed by atoms with Gasteiger partial charge in [-0.25, -0.2) is 0 Å². The summed E-state index contributed by atoms with van der Waals surface area (Å²) >= 11 is 0. The zero-order valence-electron chi connectivity index (χ0n) is 7.10. The van der Waals surface area contributed by atoms with E-state index in [1.165, 1.54) is 32.1 Å². The van der Waals surface area contributed by atoms with Crippen LogP contribution in [0.1, 0.15) is 39.0 Å². The lowest BCUT2D eigenvalue weighted by atomic mass is 9.85. The van der Waals surface area contributed by atoms with Gasteiger partial charge in [-0.3, -0.25) is 0 Å². The number of rotatable bonds is 2. The van der Waals surface area contributed by atoms with Crippen LogP contribution in [0.25, 0.3) is 0 Å². The summed E-state index contributed by atoms with van der Waals surface area (Å²) in [7, 11) is 1.85. The standard InChI is InChI=1S/C9H18O/c1-3-8-6-4-5-7-9(8)10-2/h8-9H,3-7H2,1-2H3/t8-,9-/m1/s1. The smallest absolute Gasteiger partial charge is 0.0599 e. The first-order valence-corrected chi connectivity index (χ1v) is 4.41. The maximum atomic E-state index is 5.39. The number of hydrogen-bond acceptors (Lipinski definition) is 1. The Morgan fingerprint density at radius 2 is 2.00 bits per heavy atom. The van der Waals surface area contributed by atoms with Gasteiger partial charge in [-0.2, -0.15) is 0 Å². The van der Waals surface area contributed by atoms with E-state index < -0.39 is 0 Å². The van der Waals surface area contributed by atoms with Gasteiger partial charge in [0.05, 0.1) is 6.10 Å². The van der Waals surface area contributed by atoms with Gasteiger partial charge in [0.1, 0.15) is 0 Å². The molecule has 0 amide bonds. The van der Waals surface area contributed by atoms with Crippen LogP contribution in [-0.2, 0) is 4.74 Å². The Balaban J connectivity index is 2.34. The van der Waals surface area contributed by atoms with Crippen molar-refractivity contribution < 1.29 is 4.74 Å². The molecule has 1 saturated carbocycles. The molecule has 60 valence electrons. The predicted molar refractivity (Wildman–Crippen MR) is 43.0 cm³/mol. The van der Waals surface area contributed by atoms with E-state index in [1.54, 1.807) is 0 Å². The molecule has 1 nitrogen and oxygen atoms in total. The van der Waals surface area contributed by atoms with Crippen LogP contribution in [0.2, 0.25) is 0 Å². The fourth-order valence-corrected chi connectivity index (χ4v) is 1.95. The molecule has 1 rings (SSSR count). The molecular weight excluding hydrogens is 124 g/mol. The lowest BCUT2D eigenvalue weighted by Gasteiger charge is -2.29. The number of ether oxygens (including phenoxy) is 1. The lowest BCUT2D eigenvalue weighted by molar-refractivity contribution is 0.0223. The zero-order chi connectivity index (χ0) is 7.40. The van der Waals surface area contributed by atoms with E-state index in [-0.39, 0.29) is 0 Å². The molecule has 10 heavy (non-hydrogen) atoms. The van der Waals surface area contributed by atoms with Gasteiger partial charge in [0.2, 0.25) is 0 Å². The van der Waals surface area contributed by atoms with E-state index in [0.717, 1.165) is 5.92 Å². The van der Waals surface area contributed by atoms with Crippen LogP contribution in [0.3, 0.4) is 0 Å². The van der Waals surface area contributed by atoms with E-state index >= 15 is 0 Å². The van der Waals surface area contributed by atoms with Crippen LogP contribution in [0, 0.1) is 5.92 Å². The van der Waals surface area contributed by atoms with Gasteiger partial charge in [-0.05, 0) is 18.8 Å². The minimum atomic E-state index is 0.568. The number of hydrogen-bond donors (Lipinski definition) is 0. The summed E-state index contributed by atoms with van der Waals surface area (Å²) in [6.45, 7) is 2.27. The van der Waals surface area contributed by atoms with E-state index in [9.17, 15) is 0 Å². The molecule has 0 radical (unpaired) electrons. The van der Waals surface area contributed by atoms with Crippen LogP contribution in [0.4, 0.5) is 0 Å². The highest BCUT2D eigenvalue weighted by Gasteiger charge is 2.22. The lowest BCUT2D eigenvalue weighted by Crippen LogP contribution is -2.25. The van der Waals surface area contributed by atoms with Crippen LogP contribution < -0.4 is 0 Å². The van der Waals surface area contributed by atoms with E-state index in [1.807, 2.05) is 7.11 Å². The quantitative estimate of drug-likeness (QED) is 0.576. The van der Waals surface area contributed by atoms with Crippen molar-refractivity contribution in [2.24, 2.45) is 5.92 Å². The molecule has 1 aliphatic carbocycles. The average molecular weight is 142 g/mol. The monoisotopic (exact) mass is 142 g/mol. The molecule has 0 N–H and O–H groups in total. The molecule has 0 aliphatic heterocycles. The molecule has 0 aromatic carbocycles. The largest absolute Gasteiger partial charge is 0.381 e. The molecular formula is C9H18O. The highest BCUT2D eigenvalue weighted by Crippen LogP contribution is 2.28. The van der Waals surface area contributed by atoms with Gasteiger partial charge in [0.25, 0.3) is 0 Å². The Bertz CT molecular complexity index is 78.7.